The fourth-order valence-corrected chi connectivity index (χ4v) is 2.22. The van der Waals surface area contributed by atoms with Gasteiger partial charge in [0.1, 0.15) is 13.2 Å². The minimum atomic E-state index is -0.759. The maximum Gasteiger partial charge on any atom is 0.216 e. The van der Waals surface area contributed by atoms with Gasteiger partial charge in [-0.3, -0.25) is 0 Å². The van der Waals surface area contributed by atoms with Gasteiger partial charge in [0, 0.05) is 5.92 Å². The number of hydrogen-bond acceptors (Lipinski definition) is 4. The van der Waals surface area contributed by atoms with E-state index >= 15 is 0 Å². The molecule has 0 radical (unpaired) electrons. The molecule has 1 heterocycles. The summed E-state index contributed by atoms with van der Waals surface area (Å²) in [4.78, 5) is 0. The van der Waals surface area contributed by atoms with Crippen LogP contribution in [0.25, 0.3) is 0 Å². The van der Waals surface area contributed by atoms with Gasteiger partial charge in [0.15, 0.2) is 0 Å². The van der Waals surface area contributed by atoms with Gasteiger partial charge in [-0.15, -0.1) is 0 Å². The molecule has 1 fully saturated rings. The predicted molar refractivity (Wildman–Crippen MR) is 86.6 cm³/mol. The first-order valence-corrected chi connectivity index (χ1v) is 7.81. The van der Waals surface area contributed by atoms with Crippen molar-refractivity contribution in [3.05, 3.63) is 48.1 Å². The minimum Gasteiger partial charge on any atom is -0.375 e. The summed E-state index contributed by atoms with van der Waals surface area (Å²) in [5.41, 5.74) is 1.19. The highest BCUT2D eigenvalue weighted by Crippen LogP contribution is 2.21. The Labute approximate surface area is 133 Å². The zero-order valence-electron chi connectivity index (χ0n) is 13.5. The Kier molecular flexibility index (Phi) is 7.06. The lowest BCUT2D eigenvalue weighted by Crippen LogP contribution is -2.41. The van der Waals surface area contributed by atoms with E-state index in [1.165, 1.54) is 5.57 Å². The largest absolute Gasteiger partial charge is 0.375 e. The topological polar surface area (TPSA) is 36.9 Å². The summed E-state index contributed by atoms with van der Waals surface area (Å²) in [5, 5.41) is 0. The van der Waals surface area contributed by atoms with Gasteiger partial charge in [0.25, 0.3) is 0 Å². The van der Waals surface area contributed by atoms with Crippen molar-refractivity contribution in [2.24, 2.45) is 5.92 Å². The average molecular weight is 306 g/mol. The van der Waals surface area contributed by atoms with Crippen LogP contribution in [0.1, 0.15) is 13.8 Å². The molecule has 0 aromatic rings. The molecule has 0 aromatic carbocycles. The van der Waals surface area contributed by atoms with E-state index in [0.29, 0.717) is 39.6 Å². The Morgan fingerprint density at radius 1 is 1.09 bits per heavy atom. The van der Waals surface area contributed by atoms with Crippen LogP contribution in [0, 0.1) is 5.92 Å². The van der Waals surface area contributed by atoms with Gasteiger partial charge < -0.3 is 18.9 Å². The smallest absolute Gasteiger partial charge is 0.216 e. The molecule has 22 heavy (non-hydrogen) atoms. The highest BCUT2D eigenvalue weighted by atomic mass is 16.8. The monoisotopic (exact) mass is 306 g/mol. The van der Waals surface area contributed by atoms with Gasteiger partial charge >= 0.3 is 0 Å². The van der Waals surface area contributed by atoms with Gasteiger partial charge in [-0.05, 0) is 13.8 Å². The molecule has 0 aromatic heterocycles. The number of hydrogen-bond donors (Lipinski definition) is 0. The van der Waals surface area contributed by atoms with E-state index in [0.717, 1.165) is 0 Å². The summed E-state index contributed by atoms with van der Waals surface area (Å²) >= 11 is 0. The molecule has 2 aliphatic rings. The van der Waals surface area contributed by atoms with E-state index < -0.39 is 5.79 Å². The first kappa shape index (κ1) is 17.2. The van der Waals surface area contributed by atoms with Gasteiger partial charge in [0.05, 0.1) is 26.4 Å². The molecule has 1 aliphatic carbocycles. The lowest BCUT2D eigenvalue weighted by atomic mass is 10.1. The van der Waals surface area contributed by atoms with Crippen molar-refractivity contribution in [2.75, 3.05) is 39.6 Å². The second-order valence-corrected chi connectivity index (χ2v) is 5.57. The van der Waals surface area contributed by atoms with Crippen LogP contribution in [0.2, 0.25) is 0 Å². The molecule has 4 nitrogen and oxygen atoms in total. The first-order chi connectivity index (χ1) is 10.7. The Morgan fingerprint density at radius 3 is 2.36 bits per heavy atom. The van der Waals surface area contributed by atoms with Crippen LogP contribution >= 0.6 is 0 Å². The van der Waals surface area contributed by atoms with E-state index in [9.17, 15) is 0 Å². The zero-order valence-corrected chi connectivity index (χ0v) is 13.5. The second-order valence-electron chi connectivity index (χ2n) is 5.57. The lowest BCUT2D eigenvalue weighted by Gasteiger charge is -2.27. The number of rotatable bonds is 8. The van der Waals surface area contributed by atoms with Gasteiger partial charge in [-0.25, -0.2) is 0 Å². The van der Waals surface area contributed by atoms with Crippen LogP contribution in [0.15, 0.2) is 48.1 Å². The molecular formula is C18H26O4. The minimum absolute atomic E-state index is 0.277. The van der Waals surface area contributed by atoms with Crippen molar-refractivity contribution in [3.8, 4) is 0 Å². The van der Waals surface area contributed by atoms with Crippen molar-refractivity contribution in [2.45, 2.75) is 19.6 Å². The van der Waals surface area contributed by atoms with Gasteiger partial charge in [-0.2, -0.15) is 0 Å². The SMILES string of the molecule is C/C=C(\C)COCC1(COCC2C=CC=CC=C2)OCCO1. The summed E-state index contributed by atoms with van der Waals surface area (Å²) < 4.78 is 23.0. The average Bonchev–Trinajstić information content (AvgIpc) is 2.83. The molecule has 0 bridgehead atoms. The molecule has 0 N–H and O–H groups in total. The van der Waals surface area contributed by atoms with Gasteiger partial charge in [0.2, 0.25) is 5.79 Å². The van der Waals surface area contributed by atoms with Crippen LogP contribution in [0.5, 0.6) is 0 Å². The predicted octanol–water partition coefficient (Wildman–Crippen LogP) is 3.03. The molecule has 0 saturated carbocycles. The van der Waals surface area contributed by atoms with Gasteiger partial charge in [-0.1, -0.05) is 48.1 Å². The van der Waals surface area contributed by atoms with Crippen LogP contribution in [-0.4, -0.2) is 45.4 Å². The fourth-order valence-electron chi connectivity index (χ4n) is 2.22. The van der Waals surface area contributed by atoms with Crippen molar-refractivity contribution < 1.29 is 18.9 Å². The second kappa shape index (κ2) is 9.06. The maximum atomic E-state index is 5.82. The third-order valence-corrected chi connectivity index (χ3v) is 3.64. The quantitative estimate of drug-likeness (QED) is 0.646. The molecule has 2 rings (SSSR count). The Balaban J connectivity index is 1.76. The fraction of sp³-hybridized carbons (Fsp3) is 0.556. The van der Waals surface area contributed by atoms with Crippen molar-refractivity contribution >= 4 is 0 Å². The van der Waals surface area contributed by atoms with E-state index in [-0.39, 0.29) is 5.92 Å². The van der Waals surface area contributed by atoms with Crippen LogP contribution in [0.4, 0.5) is 0 Å². The summed E-state index contributed by atoms with van der Waals surface area (Å²) in [6, 6.07) is 0. The van der Waals surface area contributed by atoms with Crippen LogP contribution < -0.4 is 0 Å². The molecule has 1 aliphatic heterocycles. The van der Waals surface area contributed by atoms with Crippen LogP contribution in [0.3, 0.4) is 0 Å². The maximum absolute atomic E-state index is 5.82. The molecule has 1 saturated heterocycles. The van der Waals surface area contributed by atoms with Crippen molar-refractivity contribution in [1.29, 1.82) is 0 Å². The van der Waals surface area contributed by atoms with Crippen LogP contribution in [-0.2, 0) is 18.9 Å². The lowest BCUT2D eigenvalue weighted by molar-refractivity contribution is -0.221. The summed E-state index contributed by atoms with van der Waals surface area (Å²) in [7, 11) is 0. The molecule has 0 unspecified atom stereocenters. The van der Waals surface area contributed by atoms with E-state index in [1.54, 1.807) is 0 Å². The third-order valence-electron chi connectivity index (χ3n) is 3.64. The summed E-state index contributed by atoms with van der Waals surface area (Å²) in [5.74, 6) is -0.482. The summed E-state index contributed by atoms with van der Waals surface area (Å²) in [6.45, 7) is 7.18. The molecule has 122 valence electrons. The Bertz CT molecular complexity index is 426. The standard InChI is InChI=1S/C18H26O4/c1-3-16(2)12-19-14-18(21-10-11-22-18)15-20-13-17-8-6-4-5-7-9-17/h3-9,17H,10-15H2,1-2H3/b16-3+. The van der Waals surface area contributed by atoms with E-state index in [1.807, 2.05) is 44.2 Å². The molecule has 0 atom stereocenters. The Morgan fingerprint density at radius 2 is 1.73 bits per heavy atom. The van der Waals surface area contributed by atoms with Crippen molar-refractivity contribution in [1.82, 2.24) is 0 Å². The van der Waals surface area contributed by atoms with Crippen molar-refractivity contribution in [3.63, 3.8) is 0 Å². The third kappa shape index (κ3) is 5.54. The Hall–Kier alpha value is -1.20. The molecular weight excluding hydrogens is 280 g/mol. The highest BCUT2D eigenvalue weighted by Gasteiger charge is 2.37. The van der Waals surface area contributed by atoms with E-state index in [2.05, 4.69) is 12.2 Å². The molecule has 4 heteroatoms. The first-order valence-electron chi connectivity index (χ1n) is 7.81. The summed E-state index contributed by atoms with van der Waals surface area (Å²) in [6.07, 6.45) is 14.4. The number of ether oxygens (including phenoxy) is 4. The zero-order chi connectivity index (χ0) is 15.7. The molecule has 0 spiro atoms. The normalized spacial score (nSPS) is 21.5. The highest BCUT2D eigenvalue weighted by molar-refractivity contribution is 5.19. The molecule has 0 amide bonds. The number of allylic oxidation sites excluding steroid dienone is 5. The van der Waals surface area contributed by atoms with E-state index in [4.69, 9.17) is 18.9 Å².